The first kappa shape index (κ1) is 17.7. The molecule has 0 spiro atoms. The Morgan fingerprint density at radius 1 is 1.07 bits per heavy atom. The third-order valence-electron chi connectivity index (χ3n) is 5.09. The lowest BCUT2D eigenvalue weighted by Crippen LogP contribution is -2.33. The Bertz CT molecular complexity index is 1090. The van der Waals surface area contributed by atoms with Gasteiger partial charge >= 0.3 is 0 Å². The Kier molecular flexibility index (Phi) is 4.37. The van der Waals surface area contributed by atoms with Crippen LogP contribution < -0.4 is 4.74 Å². The van der Waals surface area contributed by atoms with Gasteiger partial charge in [-0.3, -0.25) is 0 Å². The molecule has 0 bridgehead atoms. The van der Waals surface area contributed by atoms with Crippen molar-refractivity contribution >= 4 is 33.2 Å². The van der Waals surface area contributed by atoms with Crippen molar-refractivity contribution in [1.82, 2.24) is 5.01 Å². The lowest BCUT2D eigenvalue weighted by molar-refractivity contribution is -0.0191. The van der Waals surface area contributed by atoms with E-state index in [1.165, 1.54) is 6.07 Å². The second-order valence-electron chi connectivity index (χ2n) is 6.84. The topological polar surface area (TPSA) is 24.8 Å². The third kappa shape index (κ3) is 2.99. The van der Waals surface area contributed by atoms with Crippen molar-refractivity contribution in [2.45, 2.75) is 18.7 Å². The van der Waals surface area contributed by atoms with E-state index in [4.69, 9.17) is 21.4 Å². The molecule has 2 unspecified atom stereocenters. The first-order valence-electron chi connectivity index (χ1n) is 8.92. The number of benzene rings is 3. The van der Waals surface area contributed by atoms with Gasteiger partial charge in [-0.15, -0.1) is 0 Å². The Hall–Kier alpha value is -2.37. The fourth-order valence-corrected chi connectivity index (χ4v) is 4.33. The Morgan fingerprint density at radius 3 is 2.68 bits per heavy atom. The van der Waals surface area contributed by atoms with Crippen LogP contribution in [0.15, 0.2) is 76.3 Å². The number of hydrogen-bond acceptors (Lipinski definition) is 3. The first-order chi connectivity index (χ1) is 13.6. The summed E-state index contributed by atoms with van der Waals surface area (Å²) in [6.45, 7) is 0. The lowest BCUT2D eigenvalue weighted by atomic mass is 9.96. The molecule has 0 aliphatic carbocycles. The Morgan fingerprint density at radius 2 is 1.89 bits per heavy atom. The average molecular weight is 458 g/mol. The monoisotopic (exact) mass is 456 g/mol. The van der Waals surface area contributed by atoms with Crippen molar-refractivity contribution in [3.8, 4) is 5.75 Å². The Labute approximate surface area is 175 Å². The minimum absolute atomic E-state index is 0.00600. The van der Waals surface area contributed by atoms with Crippen LogP contribution in [0.5, 0.6) is 5.75 Å². The number of halogens is 3. The van der Waals surface area contributed by atoms with E-state index in [9.17, 15) is 4.39 Å². The normalized spacial score (nSPS) is 20.2. The van der Waals surface area contributed by atoms with E-state index in [1.807, 2.05) is 41.4 Å². The van der Waals surface area contributed by atoms with Crippen LogP contribution in [0.25, 0.3) is 0 Å². The van der Waals surface area contributed by atoms with Gasteiger partial charge < -0.3 is 4.74 Å². The molecule has 0 saturated carbocycles. The number of hydrazone groups is 1. The zero-order chi connectivity index (χ0) is 19.3. The molecule has 140 valence electrons. The molecule has 28 heavy (non-hydrogen) atoms. The number of hydrogen-bond donors (Lipinski definition) is 0. The molecule has 2 aliphatic heterocycles. The van der Waals surface area contributed by atoms with Crippen LogP contribution in [0.1, 0.15) is 35.4 Å². The van der Waals surface area contributed by atoms with Gasteiger partial charge in [0.05, 0.1) is 16.2 Å². The van der Waals surface area contributed by atoms with E-state index >= 15 is 0 Å². The van der Waals surface area contributed by atoms with Crippen molar-refractivity contribution in [1.29, 1.82) is 0 Å². The number of rotatable bonds is 2. The van der Waals surface area contributed by atoms with Crippen molar-refractivity contribution in [2.24, 2.45) is 5.10 Å². The summed E-state index contributed by atoms with van der Waals surface area (Å²) < 4.78 is 20.4. The van der Waals surface area contributed by atoms with E-state index in [-0.39, 0.29) is 11.9 Å². The maximum Gasteiger partial charge on any atom is 0.213 e. The summed E-state index contributed by atoms with van der Waals surface area (Å²) in [5.74, 6) is 0.471. The summed E-state index contributed by atoms with van der Waals surface area (Å²) in [4.78, 5) is 0. The minimum Gasteiger partial charge on any atom is -0.464 e. The van der Waals surface area contributed by atoms with Crippen LogP contribution in [0.3, 0.4) is 0 Å². The largest absolute Gasteiger partial charge is 0.464 e. The van der Waals surface area contributed by atoms with Crippen LogP contribution in [0.4, 0.5) is 4.39 Å². The minimum atomic E-state index is -0.447. The van der Waals surface area contributed by atoms with E-state index in [1.54, 1.807) is 12.1 Å². The fourth-order valence-electron chi connectivity index (χ4n) is 3.75. The van der Waals surface area contributed by atoms with Gasteiger partial charge in [-0.2, -0.15) is 5.10 Å². The molecule has 0 amide bonds. The fraction of sp³-hybridized carbons (Fsp3) is 0.136. The number of ether oxygens (including phenoxy) is 1. The van der Waals surface area contributed by atoms with E-state index in [0.29, 0.717) is 9.50 Å². The second-order valence-corrected chi connectivity index (χ2v) is 8.13. The predicted molar refractivity (Wildman–Crippen MR) is 111 cm³/mol. The van der Waals surface area contributed by atoms with Gasteiger partial charge in [0.25, 0.3) is 0 Å². The highest BCUT2D eigenvalue weighted by atomic mass is 79.9. The molecule has 5 rings (SSSR count). The van der Waals surface area contributed by atoms with Gasteiger partial charge in [0.1, 0.15) is 11.6 Å². The summed E-state index contributed by atoms with van der Waals surface area (Å²) in [5.41, 5.74) is 3.92. The van der Waals surface area contributed by atoms with Gasteiger partial charge in [0, 0.05) is 22.6 Å². The van der Waals surface area contributed by atoms with Crippen LogP contribution in [0, 0.1) is 5.82 Å². The van der Waals surface area contributed by atoms with Gasteiger partial charge in [-0.05, 0) is 51.8 Å². The molecule has 6 heteroatoms. The summed E-state index contributed by atoms with van der Waals surface area (Å²) in [5, 5.41) is 7.52. The molecule has 0 aromatic heterocycles. The SMILES string of the molecule is Fc1ccc(C2Oc3ccc(Cl)cc3C3CC(c4ccccc4)=NN32)cc1Br. The molecule has 3 nitrogen and oxygen atoms in total. The molecular formula is C22H15BrClFN2O. The quantitative estimate of drug-likeness (QED) is 0.440. The summed E-state index contributed by atoms with van der Waals surface area (Å²) in [6.07, 6.45) is 0.302. The summed E-state index contributed by atoms with van der Waals surface area (Å²) >= 11 is 9.53. The highest BCUT2D eigenvalue weighted by Gasteiger charge is 2.41. The molecule has 0 N–H and O–H groups in total. The van der Waals surface area contributed by atoms with Crippen LogP contribution in [-0.4, -0.2) is 10.7 Å². The van der Waals surface area contributed by atoms with Gasteiger partial charge in [-0.1, -0.05) is 48.0 Å². The highest BCUT2D eigenvalue weighted by molar-refractivity contribution is 9.10. The molecule has 2 atom stereocenters. The van der Waals surface area contributed by atoms with E-state index in [2.05, 4.69) is 28.1 Å². The predicted octanol–water partition coefficient (Wildman–Crippen LogP) is 6.48. The van der Waals surface area contributed by atoms with Crippen molar-refractivity contribution in [3.63, 3.8) is 0 Å². The van der Waals surface area contributed by atoms with Gasteiger partial charge in [0.2, 0.25) is 6.23 Å². The van der Waals surface area contributed by atoms with Gasteiger partial charge in [0.15, 0.2) is 0 Å². The number of nitrogens with zero attached hydrogens (tertiary/aromatic N) is 2. The van der Waals surface area contributed by atoms with Crippen molar-refractivity contribution < 1.29 is 9.13 Å². The zero-order valence-electron chi connectivity index (χ0n) is 14.6. The van der Waals surface area contributed by atoms with E-state index < -0.39 is 6.23 Å². The number of fused-ring (bicyclic) bond motifs is 3. The average Bonchev–Trinajstić information content (AvgIpc) is 3.16. The van der Waals surface area contributed by atoms with E-state index in [0.717, 1.165) is 34.6 Å². The molecule has 2 heterocycles. The maximum atomic E-state index is 13.8. The first-order valence-corrected chi connectivity index (χ1v) is 10.1. The van der Waals surface area contributed by atoms with Crippen molar-refractivity contribution in [2.75, 3.05) is 0 Å². The standard InChI is InChI=1S/C22H15BrClFN2O/c23-17-10-14(6-8-18(17)25)22-27-20(16-11-15(24)7-9-21(16)28-22)12-19(26-27)13-4-2-1-3-5-13/h1-11,20,22H,12H2. The summed E-state index contributed by atoms with van der Waals surface area (Å²) in [6, 6.07) is 20.7. The molecule has 0 saturated heterocycles. The van der Waals surface area contributed by atoms with Crippen LogP contribution in [-0.2, 0) is 0 Å². The Balaban J connectivity index is 1.62. The van der Waals surface area contributed by atoms with Gasteiger partial charge in [-0.25, -0.2) is 9.40 Å². The smallest absolute Gasteiger partial charge is 0.213 e. The molecule has 3 aromatic carbocycles. The van der Waals surface area contributed by atoms with Crippen LogP contribution in [0.2, 0.25) is 5.02 Å². The molecule has 0 radical (unpaired) electrons. The van der Waals surface area contributed by atoms with Crippen molar-refractivity contribution in [3.05, 3.63) is 98.7 Å². The molecule has 3 aromatic rings. The highest BCUT2D eigenvalue weighted by Crippen LogP contribution is 2.48. The third-order valence-corrected chi connectivity index (χ3v) is 5.93. The molecule has 0 fully saturated rings. The van der Waals surface area contributed by atoms with Crippen LogP contribution >= 0.6 is 27.5 Å². The maximum absolute atomic E-state index is 13.8. The second kappa shape index (κ2) is 6.90. The zero-order valence-corrected chi connectivity index (χ0v) is 17.0. The molecular weight excluding hydrogens is 443 g/mol. The molecule has 2 aliphatic rings. The lowest BCUT2D eigenvalue weighted by Gasteiger charge is -2.38. The summed E-state index contributed by atoms with van der Waals surface area (Å²) in [7, 11) is 0.